The summed E-state index contributed by atoms with van der Waals surface area (Å²) in [6.07, 6.45) is 7.22. The molecule has 1 aliphatic heterocycles. The molecule has 2 aromatic rings. The Labute approximate surface area is 195 Å². The monoisotopic (exact) mass is 472 g/mol. The lowest BCUT2D eigenvalue weighted by molar-refractivity contribution is -0.122. The van der Waals surface area contributed by atoms with Crippen LogP contribution in [0.4, 0.5) is 5.13 Å². The molecule has 162 valence electrons. The number of hydrogen-bond acceptors (Lipinski definition) is 7. The van der Waals surface area contributed by atoms with Crippen LogP contribution >= 0.6 is 35.3 Å². The zero-order valence-corrected chi connectivity index (χ0v) is 19.9. The van der Waals surface area contributed by atoms with Crippen molar-refractivity contribution in [1.29, 1.82) is 0 Å². The first-order valence-electron chi connectivity index (χ1n) is 10.0. The average molecular weight is 473 g/mol. The fourth-order valence-electron chi connectivity index (χ4n) is 2.83. The first-order chi connectivity index (χ1) is 14.9. The molecule has 1 aromatic heterocycles. The van der Waals surface area contributed by atoms with Crippen LogP contribution in [0.2, 0.25) is 0 Å². The number of anilines is 1. The van der Waals surface area contributed by atoms with Gasteiger partial charge in [-0.1, -0.05) is 91.6 Å². The number of carbonyl (C=O) groups excluding carboxylic acids is 2. The van der Waals surface area contributed by atoms with Crippen molar-refractivity contribution in [2.45, 2.75) is 33.1 Å². The van der Waals surface area contributed by atoms with E-state index >= 15 is 0 Å². The number of carbonyl (C=O) groups is 2. The summed E-state index contributed by atoms with van der Waals surface area (Å²) in [5.41, 5.74) is 1.06. The maximum atomic E-state index is 12.6. The van der Waals surface area contributed by atoms with Crippen molar-refractivity contribution in [3.63, 3.8) is 0 Å². The molecule has 1 fully saturated rings. The Morgan fingerprint density at radius 2 is 2.03 bits per heavy atom. The predicted molar refractivity (Wildman–Crippen MR) is 132 cm³/mol. The van der Waals surface area contributed by atoms with E-state index in [-0.39, 0.29) is 18.2 Å². The molecule has 9 heteroatoms. The van der Waals surface area contributed by atoms with E-state index in [1.165, 1.54) is 23.1 Å². The van der Waals surface area contributed by atoms with Gasteiger partial charge in [0.1, 0.15) is 9.33 Å². The maximum absolute atomic E-state index is 12.6. The SMILES string of the molecule is CC(C)Cc1nnc(NC(=O)CCCN2C(=O)C(=CC=Cc3ccccc3)SC2=S)s1. The Balaban J connectivity index is 1.45. The van der Waals surface area contributed by atoms with Gasteiger partial charge >= 0.3 is 0 Å². The molecule has 1 N–H and O–H groups in total. The van der Waals surface area contributed by atoms with Crippen molar-refractivity contribution in [3.8, 4) is 0 Å². The molecule has 1 aromatic carbocycles. The normalized spacial score (nSPS) is 15.6. The largest absolute Gasteiger partial charge is 0.301 e. The highest BCUT2D eigenvalue weighted by Gasteiger charge is 2.31. The van der Waals surface area contributed by atoms with E-state index in [0.29, 0.717) is 33.2 Å². The average Bonchev–Trinajstić information content (AvgIpc) is 3.27. The molecule has 0 aliphatic carbocycles. The molecule has 2 amide bonds. The van der Waals surface area contributed by atoms with Crippen LogP contribution in [0.3, 0.4) is 0 Å². The number of thioether (sulfide) groups is 1. The van der Waals surface area contributed by atoms with Gasteiger partial charge in [-0.25, -0.2) is 0 Å². The quantitative estimate of drug-likeness (QED) is 0.413. The molecule has 0 bridgehead atoms. The molecule has 1 saturated heterocycles. The Morgan fingerprint density at radius 3 is 2.77 bits per heavy atom. The zero-order chi connectivity index (χ0) is 22.2. The molecule has 0 atom stereocenters. The van der Waals surface area contributed by atoms with E-state index in [1.54, 1.807) is 11.0 Å². The van der Waals surface area contributed by atoms with Gasteiger partial charge in [-0.15, -0.1) is 10.2 Å². The van der Waals surface area contributed by atoms with Crippen LogP contribution in [0.15, 0.2) is 47.4 Å². The number of allylic oxidation sites excluding steroid dienone is 2. The number of amides is 2. The smallest absolute Gasteiger partial charge is 0.266 e. The number of nitrogens with zero attached hydrogens (tertiary/aromatic N) is 3. The van der Waals surface area contributed by atoms with Gasteiger partial charge in [-0.05, 0) is 24.0 Å². The summed E-state index contributed by atoms with van der Waals surface area (Å²) in [5, 5.41) is 12.3. The minimum atomic E-state index is -0.140. The van der Waals surface area contributed by atoms with Crippen molar-refractivity contribution in [2.24, 2.45) is 5.92 Å². The van der Waals surface area contributed by atoms with E-state index in [2.05, 4.69) is 29.4 Å². The zero-order valence-electron chi connectivity index (χ0n) is 17.4. The Morgan fingerprint density at radius 1 is 1.26 bits per heavy atom. The molecular formula is C22H24N4O2S3. The van der Waals surface area contributed by atoms with Gasteiger partial charge in [0, 0.05) is 19.4 Å². The first kappa shape index (κ1) is 23.3. The second-order valence-electron chi connectivity index (χ2n) is 7.38. The van der Waals surface area contributed by atoms with Gasteiger partial charge in [-0.2, -0.15) is 0 Å². The number of nitrogens with one attached hydrogen (secondary N) is 1. The van der Waals surface area contributed by atoms with Crippen LogP contribution in [-0.2, 0) is 16.0 Å². The van der Waals surface area contributed by atoms with E-state index in [0.717, 1.165) is 17.0 Å². The molecule has 1 aliphatic rings. The molecule has 6 nitrogen and oxygen atoms in total. The highest BCUT2D eigenvalue weighted by atomic mass is 32.2. The molecule has 0 unspecified atom stereocenters. The maximum Gasteiger partial charge on any atom is 0.266 e. The topological polar surface area (TPSA) is 75.2 Å². The van der Waals surface area contributed by atoms with Crippen LogP contribution < -0.4 is 5.32 Å². The molecule has 0 radical (unpaired) electrons. The molecule has 2 heterocycles. The van der Waals surface area contributed by atoms with E-state index in [9.17, 15) is 9.59 Å². The van der Waals surface area contributed by atoms with Gasteiger partial charge in [0.05, 0.1) is 4.91 Å². The van der Waals surface area contributed by atoms with Gasteiger partial charge in [0.2, 0.25) is 11.0 Å². The Hall–Kier alpha value is -2.36. The predicted octanol–water partition coefficient (Wildman–Crippen LogP) is 4.91. The van der Waals surface area contributed by atoms with Crippen molar-refractivity contribution in [1.82, 2.24) is 15.1 Å². The fraction of sp³-hybridized carbons (Fsp3) is 0.318. The third-order valence-corrected chi connectivity index (χ3v) is 6.55. The van der Waals surface area contributed by atoms with E-state index < -0.39 is 0 Å². The van der Waals surface area contributed by atoms with Gasteiger partial charge in [0.15, 0.2) is 0 Å². The third kappa shape index (κ3) is 7.09. The summed E-state index contributed by atoms with van der Waals surface area (Å²) in [6, 6.07) is 9.87. The van der Waals surface area contributed by atoms with Crippen LogP contribution in [0, 0.1) is 5.92 Å². The van der Waals surface area contributed by atoms with Crippen molar-refractivity contribution >= 4 is 62.7 Å². The first-order valence-corrected chi connectivity index (χ1v) is 12.1. The van der Waals surface area contributed by atoms with Crippen LogP contribution in [0.25, 0.3) is 6.08 Å². The molecule has 3 rings (SSSR count). The Bertz CT molecular complexity index is 999. The summed E-state index contributed by atoms with van der Waals surface area (Å²) < 4.78 is 0.521. The lowest BCUT2D eigenvalue weighted by Gasteiger charge is -2.13. The summed E-state index contributed by atoms with van der Waals surface area (Å²) in [5.74, 6) is 0.235. The summed E-state index contributed by atoms with van der Waals surface area (Å²) >= 11 is 8.03. The summed E-state index contributed by atoms with van der Waals surface area (Å²) in [7, 11) is 0. The second kappa shape index (κ2) is 11.3. The molecular weight excluding hydrogens is 448 g/mol. The lowest BCUT2D eigenvalue weighted by atomic mass is 10.1. The molecule has 0 spiro atoms. The summed E-state index contributed by atoms with van der Waals surface area (Å²) in [4.78, 5) is 26.9. The number of thiocarbonyl (C=S) groups is 1. The number of aromatic nitrogens is 2. The number of rotatable bonds is 9. The number of benzene rings is 1. The van der Waals surface area contributed by atoms with E-state index in [1.807, 2.05) is 42.5 Å². The minimum absolute atomic E-state index is 0.115. The second-order valence-corrected chi connectivity index (χ2v) is 10.1. The van der Waals surface area contributed by atoms with Gasteiger partial charge < -0.3 is 5.32 Å². The minimum Gasteiger partial charge on any atom is -0.301 e. The molecule has 31 heavy (non-hydrogen) atoms. The standard InChI is InChI=1S/C22H24N4O2S3/c1-15(2)14-19-24-25-21(31-19)23-18(27)12-7-13-26-20(28)17(30-22(26)29)11-6-10-16-8-4-3-5-9-16/h3-6,8-11,15H,7,12-14H2,1-2H3,(H,23,25,27). The van der Waals surface area contributed by atoms with E-state index in [4.69, 9.17) is 12.2 Å². The summed E-state index contributed by atoms with van der Waals surface area (Å²) in [6.45, 7) is 4.64. The third-order valence-electron chi connectivity index (χ3n) is 4.29. The van der Waals surface area contributed by atoms with Gasteiger partial charge in [0.25, 0.3) is 5.91 Å². The molecule has 0 saturated carbocycles. The fourth-order valence-corrected chi connectivity index (χ4v) is 5.06. The highest BCUT2D eigenvalue weighted by Crippen LogP contribution is 2.31. The van der Waals surface area contributed by atoms with Crippen LogP contribution in [0.1, 0.15) is 37.3 Å². The highest BCUT2D eigenvalue weighted by molar-refractivity contribution is 8.26. The van der Waals surface area contributed by atoms with Crippen LogP contribution in [-0.4, -0.2) is 37.8 Å². The van der Waals surface area contributed by atoms with Crippen molar-refractivity contribution < 1.29 is 9.59 Å². The van der Waals surface area contributed by atoms with Crippen molar-refractivity contribution in [3.05, 3.63) is 58.0 Å². The van der Waals surface area contributed by atoms with Crippen LogP contribution in [0.5, 0.6) is 0 Å². The van der Waals surface area contributed by atoms with Gasteiger partial charge in [-0.3, -0.25) is 14.5 Å². The Kier molecular flexibility index (Phi) is 8.51. The number of hydrogen-bond donors (Lipinski definition) is 1. The van der Waals surface area contributed by atoms with Crippen molar-refractivity contribution in [2.75, 3.05) is 11.9 Å². The lowest BCUT2D eigenvalue weighted by Crippen LogP contribution is -2.29.